The highest BCUT2D eigenvalue weighted by Crippen LogP contribution is 2.33. The van der Waals surface area contributed by atoms with Gasteiger partial charge in [0.05, 0.1) is 16.7 Å². The minimum Gasteiger partial charge on any atom is -0.492 e. The first kappa shape index (κ1) is 16.5. The van der Waals surface area contributed by atoms with Gasteiger partial charge in [0, 0.05) is 19.8 Å². The fraction of sp³-hybridized carbons (Fsp3) is 0.455. The molecule has 8 heteroatoms. The molecular weight excluding hydrogens is 313 g/mol. The summed E-state index contributed by atoms with van der Waals surface area (Å²) in [7, 11) is -2.27. The van der Waals surface area contributed by atoms with Gasteiger partial charge in [-0.3, -0.25) is 0 Å². The Kier molecular flexibility index (Phi) is 6.35. The normalized spacial score (nSPS) is 11.6. The van der Waals surface area contributed by atoms with Crippen molar-refractivity contribution >= 4 is 33.2 Å². The van der Waals surface area contributed by atoms with Crippen molar-refractivity contribution in [3.8, 4) is 5.75 Å². The number of hydrogen-bond acceptors (Lipinski definition) is 4. The molecule has 0 fully saturated rings. The number of hydrogen-bond donors (Lipinski definition) is 1. The Morgan fingerprint density at radius 3 is 2.37 bits per heavy atom. The van der Waals surface area contributed by atoms with Crippen LogP contribution in [0.4, 0.5) is 0 Å². The van der Waals surface area contributed by atoms with Gasteiger partial charge in [-0.1, -0.05) is 23.2 Å². The lowest BCUT2D eigenvalue weighted by molar-refractivity contribution is 0.184. The van der Waals surface area contributed by atoms with E-state index in [9.17, 15) is 8.42 Å². The summed E-state index contributed by atoms with van der Waals surface area (Å²) in [6, 6.07) is 2.53. The molecule has 0 aliphatic carbocycles. The van der Waals surface area contributed by atoms with E-state index < -0.39 is 10.0 Å². The number of primary sulfonamides is 1. The van der Waals surface area contributed by atoms with E-state index in [-0.39, 0.29) is 14.9 Å². The van der Waals surface area contributed by atoms with Crippen molar-refractivity contribution in [3.63, 3.8) is 0 Å². The first-order chi connectivity index (χ1) is 8.86. The molecule has 19 heavy (non-hydrogen) atoms. The summed E-state index contributed by atoms with van der Waals surface area (Å²) in [5.74, 6) is 0.330. The van der Waals surface area contributed by atoms with E-state index in [2.05, 4.69) is 0 Å². The summed E-state index contributed by atoms with van der Waals surface area (Å²) in [5, 5.41) is 5.14. The quantitative estimate of drug-likeness (QED) is 0.780. The summed E-state index contributed by atoms with van der Waals surface area (Å²) in [6.45, 7) is 1.09. The van der Waals surface area contributed by atoms with Gasteiger partial charge in [0.15, 0.2) is 0 Å². The third-order valence-electron chi connectivity index (χ3n) is 2.29. The predicted octanol–water partition coefficient (Wildman–Crippen LogP) is 2.45. The van der Waals surface area contributed by atoms with Gasteiger partial charge in [0.25, 0.3) is 0 Å². The van der Waals surface area contributed by atoms with Gasteiger partial charge < -0.3 is 9.47 Å². The SMILES string of the molecule is COCCCCOc1cc(Cl)c(S(N)(=O)=O)cc1Cl. The molecule has 0 atom stereocenters. The number of benzene rings is 1. The van der Waals surface area contributed by atoms with Crippen LogP contribution in [0.5, 0.6) is 5.75 Å². The number of sulfonamides is 1. The third-order valence-corrected chi connectivity index (χ3v) is 3.96. The first-order valence-electron chi connectivity index (χ1n) is 5.50. The molecule has 0 aliphatic heterocycles. The second-order valence-corrected chi connectivity index (χ2v) is 6.15. The third kappa shape index (κ3) is 5.16. The van der Waals surface area contributed by atoms with Crippen molar-refractivity contribution in [2.45, 2.75) is 17.7 Å². The summed E-state index contributed by atoms with van der Waals surface area (Å²) < 4.78 is 32.8. The zero-order valence-electron chi connectivity index (χ0n) is 10.4. The van der Waals surface area contributed by atoms with E-state index in [1.807, 2.05) is 0 Å². The predicted molar refractivity (Wildman–Crippen MR) is 74.4 cm³/mol. The second kappa shape index (κ2) is 7.31. The molecule has 0 amide bonds. The average molecular weight is 328 g/mol. The van der Waals surface area contributed by atoms with Crippen molar-refractivity contribution in [2.75, 3.05) is 20.3 Å². The van der Waals surface area contributed by atoms with E-state index >= 15 is 0 Å². The van der Waals surface area contributed by atoms with Crippen molar-refractivity contribution in [2.24, 2.45) is 5.14 Å². The molecule has 1 rings (SSSR count). The molecule has 5 nitrogen and oxygen atoms in total. The fourth-order valence-corrected chi connectivity index (χ4v) is 2.74. The van der Waals surface area contributed by atoms with Gasteiger partial charge in [0.2, 0.25) is 10.0 Å². The standard InChI is InChI=1S/C11H15Cl2NO4S/c1-17-4-2-3-5-18-10-6-9(13)11(7-8(10)12)19(14,15)16/h6-7H,2-5H2,1H3,(H2,14,15,16). The highest BCUT2D eigenvalue weighted by molar-refractivity contribution is 7.89. The molecule has 1 aromatic rings. The van der Waals surface area contributed by atoms with Crippen molar-refractivity contribution in [1.29, 1.82) is 0 Å². The van der Waals surface area contributed by atoms with Gasteiger partial charge in [-0.05, 0) is 18.9 Å². The smallest absolute Gasteiger partial charge is 0.239 e. The Balaban J connectivity index is 2.74. The monoisotopic (exact) mass is 327 g/mol. The Bertz CT molecular complexity index is 534. The van der Waals surface area contributed by atoms with Crippen molar-refractivity contribution < 1.29 is 17.9 Å². The molecule has 0 radical (unpaired) electrons. The summed E-state index contributed by atoms with van der Waals surface area (Å²) in [4.78, 5) is -0.217. The molecule has 2 N–H and O–H groups in total. The molecule has 0 aliphatic rings. The van der Waals surface area contributed by atoms with Crippen LogP contribution in [-0.4, -0.2) is 28.7 Å². The molecule has 108 valence electrons. The summed E-state index contributed by atoms with van der Waals surface area (Å²) >= 11 is 11.7. The molecule has 0 aromatic heterocycles. The Morgan fingerprint density at radius 2 is 1.79 bits per heavy atom. The molecule has 0 saturated heterocycles. The lowest BCUT2D eigenvalue weighted by Gasteiger charge is -2.10. The molecule has 1 aromatic carbocycles. The first-order valence-corrected chi connectivity index (χ1v) is 7.80. The maximum absolute atomic E-state index is 11.2. The topological polar surface area (TPSA) is 78.6 Å². The molecular formula is C11H15Cl2NO4S. The van der Waals surface area contributed by atoms with Gasteiger partial charge >= 0.3 is 0 Å². The Hall–Kier alpha value is -0.530. The van der Waals surface area contributed by atoms with Crippen LogP contribution in [0.15, 0.2) is 17.0 Å². The van der Waals surface area contributed by atoms with E-state index in [0.29, 0.717) is 19.0 Å². The van der Waals surface area contributed by atoms with Gasteiger partial charge in [-0.15, -0.1) is 0 Å². The lowest BCUT2D eigenvalue weighted by atomic mass is 10.3. The van der Waals surface area contributed by atoms with Crippen LogP contribution in [0.1, 0.15) is 12.8 Å². The van der Waals surface area contributed by atoms with Gasteiger partial charge in [-0.2, -0.15) is 0 Å². The van der Waals surface area contributed by atoms with Crippen molar-refractivity contribution in [3.05, 3.63) is 22.2 Å². The summed E-state index contributed by atoms with van der Waals surface area (Å²) in [5.41, 5.74) is 0. The zero-order chi connectivity index (χ0) is 14.5. The Morgan fingerprint density at radius 1 is 1.16 bits per heavy atom. The van der Waals surface area contributed by atoms with Crippen LogP contribution in [-0.2, 0) is 14.8 Å². The average Bonchev–Trinajstić information content (AvgIpc) is 2.31. The van der Waals surface area contributed by atoms with Gasteiger partial charge in [0.1, 0.15) is 10.6 Å². The minimum atomic E-state index is -3.89. The summed E-state index contributed by atoms with van der Waals surface area (Å²) in [6.07, 6.45) is 1.65. The van der Waals surface area contributed by atoms with Crippen LogP contribution in [0.25, 0.3) is 0 Å². The molecule has 0 saturated carbocycles. The largest absolute Gasteiger partial charge is 0.492 e. The van der Waals surface area contributed by atoms with Crippen LogP contribution in [0.2, 0.25) is 10.0 Å². The second-order valence-electron chi connectivity index (χ2n) is 3.81. The van der Waals surface area contributed by atoms with Crippen LogP contribution < -0.4 is 9.88 Å². The number of halogens is 2. The van der Waals surface area contributed by atoms with E-state index in [0.717, 1.165) is 12.8 Å². The molecule has 0 bridgehead atoms. The van der Waals surface area contributed by atoms with Crippen molar-refractivity contribution in [1.82, 2.24) is 0 Å². The number of nitrogens with two attached hydrogens (primary N) is 1. The highest BCUT2D eigenvalue weighted by atomic mass is 35.5. The molecule has 0 spiro atoms. The van der Waals surface area contributed by atoms with E-state index in [1.165, 1.54) is 12.1 Å². The number of unbranched alkanes of at least 4 members (excludes halogenated alkanes) is 1. The Labute approximate surface area is 122 Å². The van der Waals surface area contributed by atoms with E-state index in [4.69, 9.17) is 37.8 Å². The molecule has 0 heterocycles. The highest BCUT2D eigenvalue weighted by Gasteiger charge is 2.16. The zero-order valence-corrected chi connectivity index (χ0v) is 12.7. The number of ether oxygens (including phenoxy) is 2. The maximum Gasteiger partial charge on any atom is 0.239 e. The lowest BCUT2D eigenvalue weighted by Crippen LogP contribution is -2.13. The van der Waals surface area contributed by atoms with Gasteiger partial charge in [-0.25, -0.2) is 13.6 Å². The number of rotatable bonds is 7. The minimum absolute atomic E-state index is 0.0150. The molecule has 0 unspecified atom stereocenters. The van der Waals surface area contributed by atoms with Crippen LogP contribution in [0.3, 0.4) is 0 Å². The van der Waals surface area contributed by atoms with E-state index in [1.54, 1.807) is 7.11 Å². The van der Waals surface area contributed by atoms with Crippen LogP contribution >= 0.6 is 23.2 Å². The maximum atomic E-state index is 11.2. The number of methoxy groups -OCH3 is 1. The fourth-order valence-electron chi connectivity index (χ4n) is 1.37. The van der Waals surface area contributed by atoms with Crippen LogP contribution in [0, 0.1) is 0 Å².